The fourth-order valence-corrected chi connectivity index (χ4v) is 3.68. The van der Waals surface area contributed by atoms with Crippen molar-refractivity contribution in [1.29, 1.82) is 0 Å². The third-order valence-electron chi connectivity index (χ3n) is 3.85. The Morgan fingerprint density at radius 3 is 2.64 bits per heavy atom. The van der Waals surface area contributed by atoms with Crippen LogP contribution in [-0.2, 0) is 0 Å². The van der Waals surface area contributed by atoms with Crippen molar-refractivity contribution in [2.45, 2.75) is 0 Å². The van der Waals surface area contributed by atoms with Crippen molar-refractivity contribution in [3.05, 3.63) is 73.6 Å². The van der Waals surface area contributed by atoms with Gasteiger partial charge in [0.2, 0.25) is 4.96 Å². The Labute approximate surface area is 171 Å². The molecule has 2 aromatic heterocycles. The SMILES string of the molecule is O=C(Nc1nc2scc(-c3ccc(Cl)cc3)n2n1)c1cc([N+](=O)[O-])ccc1Cl. The molecular weight excluding hydrogens is 425 g/mol. The zero-order chi connectivity index (χ0) is 19.8. The van der Waals surface area contributed by atoms with Crippen LogP contribution in [0.4, 0.5) is 11.6 Å². The number of non-ortho nitro benzene ring substituents is 1. The maximum absolute atomic E-state index is 12.5. The molecule has 2 heterocycles. The third kappa shape index (κ3) is 3.42. The number of benzene rings is 2. The van der Waals surface area contributed by atoms with Gasteiger partial charge in [0.25, 0.3) is 17.5 Å². The number of nitrogens with one attached hydrogen (secondary N) is 1. The Hall–Kier alpha value is -3.01. The van der Waals surface area contributed by atoms with Gasteiger partial charge >= 0.3 is 0 Å². The maximum Gasteiger partial charge on any atom is 0.270 e. The first-order chi connectivity index (χ1) is 13.4. The predicted molar refractivity (Wildman–Crippen MR) is 107 cm³/mol. The molecule has 4 aromatic rings. The second-order valence-electron chi connectivity index (χ2n) is 5.63. The molecule has 0 aliphatic carbocycles. The van der Waals surface area contributed by atoms with Gasteiger partial charge in [-0.15, -0.1) is 16.4 Å². The lowest BCUT2D eigenvalue weighted by Crippen LogP contribution is -2.14. The van der Waals surface area contributed by atoms with E-state index in [4.69, 9.17) is 23.2 Å². The Morgan fingerprint density at radius 2 is 1.93 bits per heavy atom. The summed E-state index contributed by atoms with van der Waals surface area (Å²) in [5.41, 5.74) is 1.41. The quantitative estimate of drug-likeness (QED) is 0.363. The highest BCUT2D eigenvalue weighted by Crippen LogP contribution is 2.27. The van der Waals surface area contributed by atoms with Crippen LogP contribution in [0, 0.1) is 10.1 Å². The second kappa shape index (κ2) is 7.19. The van der Waals surface area contributed by atoms with Crippen LogP contribution in [-0.4, -0.2) is 25.4 Å². The summed E-state index contributed by atoms with van der Waals surface area (Å²) >= 11 is 13.3. The first-order valence-electron chi connectivity index (χ1n) is 7.78. The summed E-state index contributed by atoms with van der Waals surface area (Å²) in [6.45, 7) is 0. The van der Waals surface area contributed by atoms with Crippen LogP contribution in [0.3, 0.4) is 0 Å². The molecule has 1 amide bonds. The van der Waals surface area contributed by atoms with Crippen LogP contribution in [0.5, 0.6) is 0 Å². The summed E-state index contributed by atoms with van der Waals surface area (Å²) in [5.74, 6) is -0.574. The highest BCUT2D eigenvalue weighted by Gasteiger charge is 2.18. The second-order valence-corrected chi connectivity index (χ2v) is 7.31. The molecule has 4 rings (SSSR count). The van der Waals surface area contributed by atoms with Crippen LogP contribution < -0.4 is 5.32 Å². The van der Waals surface area contributed by atoms with Crippen molar-refractivity contribution < 1.29 is 9.72 Å². The summed E-state index contributed by atoms with van der Waals surface area (Å²) in [4.78, 5) is 27.6. The number of nitro groups is 1. The molecule has 0 saturated heterocycles. The fraction of sp³-hybridized carbons (Fsp3) is 0. The number of anilines is 1. The lowest BCUT2D eigenvalue weighted by Gasteiger charge is -2.03. The van der Waals surface area contributed by atoms with E-state index in [2.05, 4.69) is 15.4 Å². The number of hydrogen-bond acceptors (Lipinski definition) is 6. The van der Waals surface area contributed by atoms with Crippen molar-refractivity contribution >= 4 is 57.0 Å². The van der Waals surface area contributed by atoms with E-state index in [1.54, 1.807) is 16.6 Å². The molecule has 11 heteroatoms. The average Bonchev–Trinajstić information content (AvgIpc) is 3.22. The van der Waals surface area contributed by atoms with Crippen molar-refractivity contribution in [3.8, 4) is 11.3 Å². The van der Waals surface area contributed by atoms with Crippen molar-refractivity contribution in [2.24, 2.45) is 0 Å². The number of amides is 1. The van der Waals surface area contributed by atoms with E-state index in [1.165, 1.54) is 23.5 Å². The first-order valence-corrected chi connectivity index (χ1v) is 9.41. The van der Waals surface area contributed by atoms with Crippen molar-refractivity contribution in [1.82, 2.24) is 14.6 Å². The highest BCUT2D eigenvalue weighted by atomic mass is 35.5. The van der Waals surface area contributed by atoms with E-state index >= 15 is 0 Å². The standard InChI is InChI=1S/C17H9Cl2N5O3S/c18-10-3-1-9(2-4-10)14-8-28-17-21-16(22-23(14)17)20-15(25)12-7-11(24(26)27)5-6-13(12)19/h1-8H,(H,20,22,25). The van der Waals surface area contributed by atoms with Gasteiger partial charge in [-0.05, 0) is 18.2 Å². The fourth-order valence-electron chi connectivity index (χ4n) is 2.52. The zero-order valence-corrected chi connectivity index (χ0v) is 16.1. The molecule has 0 radical (unpaired) electrons. The summed E-state index contributed by atoms with van der Waals surface area (Å²) in [6, 6.07) is 10.9. The van der Waals surface area contributed by atoms with E-state index in [-0.39, 0.29) is 22.2 Å². The minimum atomic E-state index is -0.639. The molecule has 0 atom stereocenters. The van der Waals surface area contributed by atoms with Gasteiger partial charge in [-0.1, -0.05) is 35.3 Å². The average molecular weight is 434 g/mol. The van der Waals surface area contributed by atoms with E-state index in [1.807, 2.05) is 17.5 Å². The summed E-state index contributed by atoms with van der Waals surface area (Å²) in [6.07, 6.45) is 0. The van der Waals surface area contributed by atoms with Gasteiger partial charge in [-0.25, -0.2) is 4.52 Å². The number of carbonyl (C=O) groups excluding carboxylic acids is 1. The third-order valence-corrected chi connectivity index (χ3v) is 5.25. The number of fused-ring (bicyclic) bond motifs is 1. The summed E-state index contributed by atoms with van der Waals surface area (Å²) in [7, 11) is 0. The highest BCUT2D eigenvalue weighted by molar-refractivity contribution is 7.15. The number of thiazole rings is 1. The number of nitro benzene ring substituents is 1. The molecular formula is C17H9Cl2N5O3S. The van der Waals surface area contributed by atoms with Gasteiger partial charge in [-0.2, -0.15) is 4.98 Å². The number of rotatable bonds is 4. The van der Waals surface area contributed by atoms with Gasteiger partial charge in [0.05, 0.1) is 21.2 Å². The summed E-state index contributed by atoms with van der Waals surface area (Å²) < 4.78 is 1.60. The molecule has 28 heavy (non-hydrogen) atoms. The number of aromatic nitrogens is 3. The smallest absolute Gasteiger partial charge is 0.270 e. The molecule has 0 aliphatic heterocycles. The topological polar surface area (TPSA) is 102 Å². The molecule has 0 bridgehead atoms. The molecule has 0 fully saturated rings. The van der Waals surface area contributed by atoms with E-state index in [9.17, 15) is 14.9 Å². The number of nitrogens with zero attached hydrogens (tertiary/aromatic N) is 4. The van der Waals surface area contributed by atoms with Crippen LogP contribution in [0.2, 0.25) is 10.0 Å². The van der Waals surface area contributed by atoms with Gasteiger partial charge in [0, 0.05) is 28.1 Å². The number of hydrogen-bond donors (Lipinski definition) is 1. The lowest BCUT2D eigenvalue weighted by atomic mass is 10.2. The molecule has 0 spiro atoms. The minimum Gasteiger partial charge on any atom is -0.289 e. The van der Waals surface area contributed by atoms with Crippen LogP contribution in [0.1, 0.15) is 10.4 Å². The normalized spacial score (nSPS) is 10.9. The predicted octanol–water partition coefficient (Wildman–Crippen LogP) is 4.93. The van der Waals surface area contributed by atoms with Crippen LogP contribution in [0.15, 0.2) is 47.8 Å². The lowest BCUT2D eigenvalue weighted by molar-refractivity contribution is -0.384. The molecule has 2 aromatic carbocycles. The van der Waals surface area contributed by atoms with E-state index in [0.717, 1.165) is 17.3 Å². The van der Waals surface area contributed by atoms with Gasteiger partial charge in [0.15, 0.2) is 0 Å². The van der Waals surface area contributed by atoms with E-state index in [0.29, 0.717) is 9.98 Å². The molecule has 0 saturated carbocycles. The Bertz CT molecular complexity index is 1220. The Morgan fingerprint density at radius 1 is 1.18 bits per heavy atom. The van der Waals surface area contributed by atoms with Gasteiger partial charge < -0.3 is 0 Å². The first kappa shape index (κ1) is 18.4. The minimum absolute atomic E-state index is 0.0352. The van der Waals surface area contributed by atoms with E-state index < -0.39 is 10.8 Å². The Kier molecular flexibility index (Phi) is 4.71. The summed E-state index contributed by atoms with van der Waals surface area (Å²) in [5, 5.41) is 20.3. The van der Waals surface area contributed by atoms with Crippen LogP contribution >= 0.6 is 34.5 Å². The molecule has 0 aliphatic rings. The van der Waals surface area contributed by atoms with Crippen molar-refractivity contribution in [2.75, 3.05) is 5.32 Å². The molecule has 140 valence electrons. The molecule has 1 N–H and O–H groups in total. The monoisotopic (exact) mass is 433 g/mol. The Balaban J connectivity index is 1.64. The van der Waals surface area contributed by atoms with Gasteiger partial charge in [0.1, 0.15) is 0 Å². The van der Waals surface area contributed by atoms with Crippen molar-refractivity contribution in [3.63, 3.8) is 0 Å². The van der Waals surface area contributed by atoms with Crippen LogP contribution in [0.25, 0.3) is 16.2 Å². The number of carbonyl (C=O) groups is 1. The number of halogens is 2. The van der Waals surface area contributed by atoms with Gasteiger partial charge in [-0.3, -0.25) is 20.2 Å². The molecule has 0 unspecified atom stereocenters. The zero-order valence-electron chi connectivity index (χ0n) is 13.8. The molecule has 8 nitrogen and oxygen atoms in total. The largest absolute Gasteiger partial charge is 0.289 e. The maximum atomic E-state index is 12.5.